The highest BCUT2D eigenvalue weighted by atomic mass is 35.5. The maximum absolute atomic E-state index is 12.8. The number of hydrogen-bond donors (Lipinski definition) is 2. The van der Waals surface area contributed by atoms with Crippen molar-refractivity contribution < 1.29 is 9.59 Å². The summed E-state index contributed by atoms with van der Waals surface area (Å²) in [6.45, 7) is 0. The zero-order valence-electron chi connectivity index (χ0n) is 15.1. The van der Waals surface area contributed by atoms with Crippen molar-refractivity contribution in [3.63, 3.8) is 0 Å². The Hall–Kier alpha value is -2.26. The molecular formula is C21H16Cl3N3O2. The van der Waals surface area contributed by atoms with Crippen LogP contribution in [-0.4, -0.2) is 21.7 Å². The number of alkyl halides is 2. The Morgan fingerprint density at radius 1 is 1.10 bits per heavy atom. The molecule has 8 heteroatoms. The van der Waals surface area contributed by atoms with Crippen LogP contribution in [0.5, 0.6) is 0 Å². The molecule has 0 bridgehead atoms. The van der Waals surface area contributed by atoms with Crippen molar-refractivity contribution in [1.82, 2.24) is 5.32 Å². The fourth-order valence-electron chi connectivity index (χ4n) is 3.40. The molecule has 148 valence electrons. The van der Waals surface area contributed by atoms with E-state index in [9.17, 15) is 9.59 Å². The molecule has 2 aliphatic rings. The zero-order chi connectivity index (χ0) is 20.8. The Bertz CT molecular complexity index is 1030. The van der Waals surface area contributed by atoms with E-state index in [2.05, 4.69) is 16.7 Å². The molecule has 0 aromatic heterocycles. The van der Waals surface area contributed by atoms with Gasteiger partial charge in [-0.3, -0.25) is 9.59 Å². The molecule has 4 rings (SSSR count). The Labute approximate surface area is 182 Å². The number of benzene rings is 2. The van der Waals surface area contributed by atoms with Gasteiger partial charge in [-0.2, -0.15) is 5.26 Å². The third-order valence-corrected chi connectivity index (χ3v) is 6.56. The van der Waals surface area contributed by atoms with Gasteiger partial charge in [-0.15, -0.1) is 23.2 Å². The van der Waals surface area contributed by atoms with Gasteiger partial charge in [-0.05, 0) is 36.6 Å². The maximum atomic E-state index is 12.8. The lowest BCUT2D eigenvalue weighted by atomic mass is 10.1. The molecule has 2 aromatic carbocycles. The number of nitrogens with zero attached hydrogens (tertiary/aromatic N) is 1. The van der Waals surface area contributed by atoms with E-state index in [4.69, 9.17) is 40.1 Å². The first-order chi connectivity index (χ1) is 13.8. The van der Waals surface area contributed by atoms with Crippen LogP contribution in [0.25, 0.3) is 0 Å². The van der Waals surface area contributed by atoms with Gasteiger partial charge in [-0.25, -0.2) is 0 Å². The summed E-state index contributed by atoms with van der Waals surface area (Å²) >= 11 is 18.9. The molecule has 0 spiro atoms. The Kier molecular flexibility index (Phi) is 4.98. The number of rotatable bonds is 5. The fraction of sp³-hybridized carbons (Fsp3) is 0.286. The van der Waals surface area contributed by atoms with Crippen LogP contribution in [0.1, 0.15) is 34.7 Å². The predicted octanol–water partition coefficient (Wildman–Crippen LogP) is 4.65. The van der Waals surface area contributed by atoms with E-state index in [0.717, 1.165) is 5.56 Å². The minimum atomic E-state index is -1.19. The SMILES string of the molecule is N#CC1(NC(=O)c2cc(NC(=O)[C@@H]3[C@@H](c4ccccc4)C3(Cl)Cl)ccc2Cl)CC1. The first-order valence-corrected chi connectivity index (χ1v) is 10.2. The summed E-state index contributed by atoms with van der Waals surface area (Å²) in [6.07, 6.45) is 1.22. The van der Waals surface area contributed by atoms with Crippen molar-refractivity contribution in [3.05, 3.63) is 64.7 Å². The second kappa shape index (κ2) is 7.21. The Balaban J connectivity index is 1.49. The predicted molar refractivity (Wildman–Crippen MR) is 112 cm³/mol. The van der Waals surface area contributed by atoms with Gasteiger partial charge in [0.1, 0.15) is 9.87 Å². The summed E-state index contributed by atoms with van der Waals surface area (Å²) in [5, 5.41) is 14.8. The van der Waals surface area contributed by atoms with Gasteiger partial charge in [0.2, 0.25) is 5.91 Å². The molecule has 0 unspecified atom stereocenters. The normalized spacial score (nSPS) is 22.8. The first-order valence-electron chi connectivity index (χ1n) is 9.04. The molecule has 2 amide bonds. The second-order valence-corrected chi connectivity index (χ2v) is 9.22. The van der Waals surface area contributed by atoms with Gasteiger partial charge in [0.25, 0.3) is 5.91 Å². The van der Waals surface area contributed by atoms with E-state index in [1.54, 1.807) is 6.07 Å². The van der Waals surface area contributed by atoms with E-state index in [1.165, 1.54) is 12.1 Å². The van der Waals surface area contributed by atoms with E-state index in [-0.39, 0.29) is 22.4 Å². The Morgan fingerprint density at radius 3 is 2.41 bits per heavy atom. The van der Waals surface area contributed by atoms with Gasteiger partial charge in [-0.1, -0.05) is 41.9 Å². The van der Waals surface area contributed by atoms with E-state index >= 15 is 0 Å². The van der Waals surface area contributed by atoms with Gasteiger partial charge >= 0.3 is 0 Å². The summed E-state index contributed by atoms with van der Waals surface area (Å²) in [5.74, 6) is -1.72. The lowest BCUT2D eigenvalue weighted by Gasteiger charge is -2.12. The molecule has 2 N–H and O–H groups in total. The number of hydrogen-bond acceptors (Lipinski definition) is 3. The van der Waals surface area contributed by atoms with Gasteiger partial charge < -0.3 is 10.6 Å². The van der Waals surface area contributed by atoms with Gasteiger partial charge in [0.05, 0.1) is 22.6 Å². The molecule has 2 atom stereocenters. The number of amides is 2. The molecule has 0 radical (unpaired) electrons. The number of carbonyl (C=O) groups excluding carboxylic acids is 2. The lowest BCUT2D eigenvalue weighted by Crippen LogP contribution is -2.35. The van der Waals surface area contributed by atoms with Crippen LogP contribution >= 0.6 is 34.8 Å². The average Bonchev–Trinajstić information content (AvgIpc) is 3.59. The highest BCUT2D eigenvalue weighted by Crippen LogP contribution is 2.65. The van der Waals surface area contributed by atoms with Crippen molar-refractivity contribution in [2.75, 3.05) is 5.32 Å². The zero-order valence-corrected chi connectivity index (χ0v) is 17.4. The third kappa shape index (κ3) is 3.81. The smallest absolute Gasteiger partial charge is 0.254 e. The molecule has 2 aliphatic carbocycles. The Morgan fingerprint density at radius 2 is 1.79 bits per heavy atom. The van der Waals surface area contributed by atoms with Crippen LogP contribution in [0.15, 0.2) is 48.5 Å². The van der Waals surface area contributed by atoms with E-state index in [0.29, 0.717) is 18.5 Å². The number of nitriles is 1. The minimum absolute atomic E-state index is 0.185. The lowest BCUT2D eigenvalue weighted by molar-refractivity contribution is -0.117. The number of anilines is 1. The molecule has 0 saturated heterocycles. The third-order valence-electron chi connectivity index (χ3n) is 5.29. The van der Waals surface area contributed by atoms with Crippen molar-refractivity contribution in [2.24, 2.45) is 5.92 Å². The number of carbonyl (C=O) groups is 2. The molecule has 2 aromatic rings. The van der Waals surface area contributed by atoms with Crippen LogP contribution in [0.3, 0.4) is 0 Å². The largest absolute Gasteiger partial charge is 0.334 e. The summed E-state index contributed by atoms with van der Waals surface area (Å²) < 4.78 is -1.19. The monoisotopic (exact) mass is 447 g/mol. The molecule has 5 nitrogen and oxygen atoms in total. The molecule has 2 fully saturated rings. The standard InChI is InChI=1S/C21H16Cl3N3O2/c22-15-7-6-13(10-14(15)18(28)27-20(11-25)8-9-20)26-19(29)17-16(21(17,23)24)12-4-2-1-3-5-12/h1-7,10,16-17H,8-9H2,(H,26,29)(H,27,28)/t16-,17+/m1/s1. The summed E-state index contributed by atoms with van der Waals surface area (Å²) in [6, 6.07) is 16.1. The summed E-state index contributed by atoms with van der Waals surface area (Å²) in [5.41, 5.74) is 0.659. The minimum Gasteiger partial charge on any atom is -0.334 e. The molecule has 0 aliphatic heterocycles. The average molecular weight is 449 g/mol. The van der Waals surface area contributed by atoms with Crippen molar-refractivity contribution in [3.8, 4) is 6.07 Å². The van der Waals surface area contributed by atoms with Crippen LogP contribution in [0, 0.1) is 17.2 Å². The van der Waals surface area contributed by atoms with Crippen molar-refractivity contribution in [1.29, 1.82) is 5.26 Å². The quantitative estimate of drug-likeness (QED) is 0.653. The van der Waals surface area contributed by atoms with E-state index < -0.39 is 21.7 Å². The fourth-order valence-corrected chi connectivity index (χ4v) is 4.43. The van der Waals surface area contributed by atoms with Crippen LogP contribution in [0.4, 0.5) is 5.69 Å². The second-order valence-electron chi connectivity index (χ2n) is 7.37. The van der Waals surface area contributed by atoms with Gasteiger partial charge in [0, 0.05) is 11.6 Å². The van der Waals surface area contributed by atoms with Gasteiger partial charge in [0.15, 0.2) is 0 Å². The van der Waals surface area contributed by atoms with E-state index in [1.807, 2.05) is 30.3 Å². The van der Waals surface area contributed by atoms with Crippen LogP contribution in [0.2, 0.25) is 5.02 Å². The maximum Gasteiger partial charge on any atom is 0.254 e. The topological polar surface area (TPSA) is 82.0 Å². The summed E-state index contributed by atoms with van der Waals surface area (Å²) in [7, 11) is 0. The van der Waals surface area contributed by atoms with Crippen molar-refractivity contribution in [2.45, 2.75) is 28.6 Å². The molecular weight excluding hydrogens is 433 g/mol. The highest BCUT2D eigenvalue weighted by molar-refractivity contribution is 6.53. The van der Waals surface area contributed by atoms with Crippen molar-refractivity contribution >= 4 is 52.3 Å². The molecule has 29 heavy (non-hydrogen) atoms. The number of halogens is 3. The summed E-state index contributed by atoms with van der Waals surface area (Å²) in [4.78, 5) is 25.3. The molecule has 0 heterocycles. The highest BCUT2D eigenvalue weighted by Gasteiger charge is 2.67. The van der Waals surface area contributed by atoms with Crippen LogP contribution < -0.4 is 10.6 Å². The number of nitrogens with one attached hydrogen (secondary N) is 2. The molecule has 2 saturated carbocycles. The first kappa shape index (κ1) is 20.0. The van der Waals surface area contributed by atoms with Crippen LogP contribution in [-0.2, 0) is 4.79 Å².